The molecular weight excluding hydrogens is 210 g/mol. The molecule has 16 heavy (non-hydrogen) atoms. The van der Waals surface area contributed by atoms with Crippen LogP contribution in [-0.2, 0) is 19.1 Å². The number of esters is 1. The van der Waals surface area contributed by atoms with Crippen molar-refractivity contribution in [3.8, 4) is 0 Å². The number of hydrogen-bond acceptors (Lipinski definition) is 4. The summed E-state index contributed by atoms with van der Waals surface area (Å²) in [6.45, 7) is 3.16. The van der Waals surface area contributed by atoms with E-state index in [1.54, 1.807) is 18.9 Å². The van der Waals surface area contributed by atoms with Gasteiger partial charge in [-0.05, 0) is 19.8 Å². The summed E-state index contributed by atoms with van der Waals surface area (Å²) in [5, 5.41) is 0. The molecule has 1 fully saturated rings. The van der Waals surface area contributed by atoms with Crippen LogP contribution in [0.25, 0.3) is 0 Å². The van der Waals surface area contributed by atoms with E-state index in [0.29, 0.717) is 32.6 Å². The first-order valence-electron chi connectivity index (χ1n) is 5.65. The summed E-state index contributed by atoms with van der Waals surface area (Å²) in [7, 11) is 1.56. The molecule has 0 aromatic carbocycles. The Morgan fingerprint density at radius 3 is 2.81 bits per heavy atom. The van der Waals surface area contributed by atoms with Gasteiger partial charge in [0, 0.05) is 13.7 Å². The smallest absolute Gasteiger partial charge is 0.328 e. The number of likely N-dealkylation sites (tertiary alicyclic amines) is 1. The van der Waals surface area contributed by atoms with Crippen molar-refractivity contribution in [1.82, 2.24) is 4.90 Å². The minimum absolute atomic E-state index is 0.0302. The maximum atomic E-state index is 11.8. The Morgan fingerprint density at radius 2 is 2.19 bits per heavy atom. The molecule has 1 rings (SSSR count). The first-order chi connectivity index (χ1) is 7.70. The monoisotopic (exact) mass is 229 g/mol. The molecule has 1 saturated heterocycles. The van der Waals surface area contributed by atoms with E-state index in [4.69, 9.17) is 9.47 Å². The first kappa shape index (κ1) is 13.0. The molecule has 0 bridgehead atoms. The summed E-state index contributed by atoms with van der Waals surface area (Å²) in [6, 6.07) is -0.385. The summed E-state index contributed by atoms with van der Waals surface area (Å²) in [5.74, 6) is -0.317. The number of carbonyl (C=O) groups excluding carboxylic acids is 2. The van der Waals surface area contributed by atoms with Gasteiger partial charge in [-0.1, -0.05) is 0 Å². The van der Waals surface area contributed by atoms with Crippen LogP contribution in [-0.4, -0.2) is 49.7 Å². The zero-order valence-electron chi connectivity index (χ0n) is 9.90. The molecule has 0 aromatic heterocycles. The van der Waals surface area contributed by atoms with Gasteiger partial charge in [0.25, 0.3) is 0 Å². The molecule has 0 aliphatic carbocycles. The van der Waals surface area contributed by atoms with Gasteiger partial charge in [-0.15, -0.1) is 0 Å². The fourth-order valence-corrected chi connectivity index (χ4v) is 1.88. The first-order valence-corrected chi connectivity index (χ1v) is 5.65. The van der Waals surface area contributed by atoms with Crippen molar-refractivity contribution in [3.63, 3.8) is 0 Å². The highest BCUT2D eigenvalue weighted by atomic mass is 16.5. The third-order valence-corrected chi connectivity index (χ3v) is 2.65. The molecule has 0 spiro atoms. The van der Waals surface area contributed by atoms with Gasteiger partial charge in [0.2, 0.25) is 5.91 Å². The molecular formula is C11H19NO4. The fraction of sp³-hybridized carbons (Fsp3) is 0.818. The molecule has 0 radical (unpaired) electrons. The maximum Gasteiger partial charge on any atom is 0.328 e. The van der Waals surface area contributed by atoms with Crippen LogP contribution in [0.1, 0.15) is 26.2 Å². The Hall–Kier alpha value is -1.10. The van der Waals surface area contributed by atoms with E-state index >= 15 is 0 Å². The molecule has 0 N–H and O–H groups in total. The molecule has 1 heterocycles. The second-order valence-electron chi connectivity index (χ2n) is 3.74. The number of methoxy groups -OCH3 is 1. The molecule has 1 atom stereocenters. The van der Waals surface area contributed by atoms with Gasteiger partial charge in [0.1, 0.15) is 6.04 Å². The van der Waals surface area contributed by atoms with Gasteiger partial charge in [-0.3, -0.25) is 4.79 Å². The van der Waals surface area contributed by atoms with Gasteiger partial charge in [0.15, 0.2) is 0 Å². The van der Waals surface area contributed by atoms with Crippen LogP contribution in [0.5, 0.6) is 0 Å². The number of hydrogen-bond donors (Lipinski definition) is 0. The van der Waals surface area contributed by atoms with Crippen molar-refractivity contribution < 1.29 is 19.1 Å². The van der Waals surface area contributed by atoms with Crippen LogP contribution in [0.15, 0.2) is 0 Å². The highest BCUT2D eigenvalue weighted by Crippen LogP contribution is 2.19. The zero-order valence-corrected chi connectivity index (χ0v) is 9.90. The zero-order chi connectivity index (χ0) is 12.0. The van der Waals surface area contributed by atoms with Crippen LogP contribution < -0.4 is 0 Å². The van der Waals surface area contributed by atoms with Crippen LogP contribution >= 0.6 is 0 Å². The van der Waals surface area contributed by atoms with Crippen LogP contribution in [0.3, 0.4) is 0 Å². The second kappa shape index (κ2) is 6.48. The lowest BCUT2D eigenvalue weighted by Crippen LogP contribution is -2.41. The van der Waals surface area contributed by atoms with Gasteiger partial charge >= 0.3 is 5.97 Å². The molecule has 0 aromatic rings. The average Bonchev–Trinajstić information content (AvgIpc) is 2.75. The van der Waals surface area contributed by atoms with E-state index in [1.165, 1.54) is 0 Å². The number of ether oxygens (including phenoxy) is 2. The van der Waals surface area contributed by atoms with Gasteiger partial charge < -0.3 is 14.4 Å². The standard InChI is InChI=1S/C11H19NO4/c1-3-16-11(14)9-5-4-7-12(9)10(13)6-8-15-2/h9H,3-8H2,1-2H3. The van der Waals surface area contributed by atoms with Crippen molar-refractivity contribution in [2.75, 3.05) is 26.9 Å². The lowest BCUT2D eigenvalue weighted by atomic mass is 10.2. The molecule has 5 nitrogen and oxygen atoms in total. The minimum Gasteiger partial charge on any atom is -0.464 e. The Kier molecular flexibility index (Phi) is 5.25. The Bertz CT molecular complexity index is 254. The van der Waals surface area contributed by atoms with E-state index in [0.717, 1.165) is 6.42 Å². The highest BCUT2D eigenvalue weighted by molar-refractivity contribution is 5.85. The lowest BCUT2D eigenvalue weighted by molar-refractivity contribution is -0.153. The number of carbonyl (C=O) groups is 2. The third-order valence-electron chi connectivity index (χ3n) is 2.65. The van der Waals surface area contributed by atoms with E-state index < -0.39 is 0 Å². The quantitative estimate of drug-likeness (QED) is 0.647. The van der Waals surface area contributed by atoms with Crippen LogP contribution in [0.2, 0.25) is 0 Å². The summed E-state index contributed by atoms with van der Waals surface area (Å²) >= 11 is 0. The summed E-state index contributed by atoms with van der Waals surface area (Å²) in [6.07, 6.45) is 1.90. The van der Waals surface area contributed by atoms with Crippen molar-refractivity contribution in [3.05, 3.63) is 0 Å². The third kappa shape index (κ3) is 3.20. The highest BCUT2D eigenvalue weighted by Gasteiger charge is 2.34. The van der Waals surface area contributed by atoms with E-state index in [1.807, 2.05) is 0 Å². The molecule has 1 unspecified atom stereocenters. The molecule has 1 aliphatic heterocycles. The largest absolute Gasteiger partial charge is 0.464 e. The SMILES string of the molecule is CCOC(=O)C1CCCN1C(=O)CCOC. The molecule has 0 saturated carbocycles. The fourth-order valence-electron chi connectivity index (χ4n) is 1.88. The summed E-state index contributed by atoms with van der Waals surface area (Å²) in [4.78, 5) is 25.0. The van der Waals surface area contributed by atoms with E-state index in [-0.39, 0.29) is 17.9 Å². The Balaban J connectivity index is 2.51. The predicted molar refractivity (Wildman–Crippen MR) is 57.9 cm³/mol. The van der Waals surface area contributed by atoms with Gasteiger partial charge in [-0.2, -0.15) is 0 Å². The van der Waals surface area contributed by atoms with Crippen LogP contribution in [0, 0.1) is 0 Å². The van der Waals surface area contributed by atoms with E-state index in [9.17, 15) is 9.59 Å². The maximum absolute atomic E-state index is 11.8. The molecule has 5 heteroatoms. The van der Waals surface area contributed by atoms with Crippen molar-refractivity contribution in [1.29, 1.82) is 0 Å². The van der Waals surface area contributed by atoms with Crippen LogP contribution in [0.4, 0.5) is 0 Å². The lowest BCUT2D eigenvalue weighted by Gasteiger charge is -2.22. The summed E-state index contributed by atoms with van der Waals surface area (Å²) < 4.78 is 9.80. The number of nitrogens with zero attached hydrogens (tertiary/aromatic N) is 1. The molecule has 92 valence electrons. The van der Waals surface area contributed by atoms with Gasteiger partial charge in [0.05, 0.1) is 19.6 Å². The molecule has 1 amide bonds. The predicted octanol–water partition coefficient (Wildman–Crippen LogP) is 0.577. The Labute approximate surface area is 95.7 Å². The normalized spacial score (nSPS) is 19.9. The van der Waals surface area contributed by atoms with Crippen molar-refractivity contribution >= 4 is 11.9 Å². The Morgan fingerprint density at radius 1 is 1.44 bits per heavy atom. The summed E-state index contributed by atoms with van der Waals surface area (Å²) in [5.41, 5.74) is 0. The average molecular weight is 229 g/mol. The number of rotatable bonds is 5. The molecule has 1 aliphatic rings. The van der Waals surface area contributed by atoms with Crippen molar-refractivity contribution in [2.45, 2.75) is 32.2 Å². The topological polar surface area (TPSA) is 55.8 Å². The number of amides is 1. The van der Waals surface area contributed by atoms with E-state index in [2.05, 4.69) is 0 Å². The minimum atomic E-state index is -0.385. The second-order valence-corrected chi connectivity index (χ2v) is 3.74. The van der Waals surface area contributed by atoms with Gasteiger partial charge in [-0.25, -0.2) is 4.79 Å². The van der Waals surface area contributed by atoms with Crippen molar-refractivity contribution in [2.24, 2.45) is 0 Å².